The molecular formula is C23H28BrNO2. The molecular weight excluding hydrogens is 402 g/mol. The molecule has 1 saturated heterocycles. The van der Waals surface area contributed by atoms with E-state index in [4.69, 9.17) is 4.74 Å². The number of allylic oxidation sites excluding steroid dienone is 5. The lowest BCUT2D eigenvalue weighted by molar-refractivity contribution is 0.0887. The fraction of sp³-hybridized carbons (Fsp3) is 0.435. The van der Waals surface area contributed by atoms with Crippen LogP contribution in [0.2, 0.25) is 0 Å². The molecule has 0 spiro atoms. The fourth-order valence-corrected chi connectivity index (χ4v) is 4.67. The Balaban J connectivity index is 1.83. The second kappa shape index (κ2) is 9.41. The standard InChI is InChI=1S/C23H28BrNO2/c1-3-5-8-19-15-21(20-10-7-6-9-18(20)16-22(19)24)17-11-13-25(14-12-17)23(26)27-4-2/h3,5-10,16-17,21H,4,11-15H2,1-2H3/b5-3-,19-8+. The molecule has 0 radical (unpaired) electrons. The van der Waals surface area contributed by atoms with Crippen molar-refractivity contribution in [2.75, 3.05) is 19.7 Å². The molecule has 1 amide bonds. The van der Waals surface area contributed by atoms with Crippen molar-refractivity contribution in [3.8, 4) is 0 Å². The van der Waals surface area contributed by atoms with E-state index in [2.05, 4.69) is 64.5 Å². The van der Waals surface area contributed by atoms with Crippen LogP contribution in [-0.2, 0) is 4.74 Å². The first-order valence-electron chi connectivity index (χ1n) is 9.84. The van der Waals surface area contributed by atoms with Crippen LogP contribution >= 0.6 is 15.9 Å². The van der Waals surface area contributed by atoms with E-state index in [1.807, 2.05) is 18.7 Å². The zero-order valence-electron chi connectivity index (χ0n) is 16.2. The molecule has 1 aromatic rings. The lowest BCUT2D eigenvalue weighted by atomic mass is 9.76. The van der Waals surface area contributed by atoms with Gasteiger partial charge in [-0.25, -0.2) is 4.79 Å². The van der Waals surface area contributed by atoms with Crippen LogP contribution in [0.5, 0.6) is 0 Å². The van der Waals surface area contributed by atoms with Crippen LogP contribution in [0.25, 0.3) is 6.08 Å². The molecule has 4 heteroatoms. The molecule has 2 aliphatic rings. The van der Waals surface area contributed by atoms with Gasteiger partial charge in [0, 0.05) is 17.6 Å². The average molecular weight is 430 g/mol. The molecule has 3 rings (SSSR count). The van der Waals surface area contributed by atoms with Crippen molar-refractivity contribution in [1.29, 1.82) is 0 Å². The normalized spacial score (nSPS) is 22.5. The van der Waals surface area contributed by atoms with Crippen molar-refractivity contribution in [1.82, 2.24) is 4.90 Å². The van der Waals surface area contributed by atoms with Crippen LogP contribution in [0.4, 0.5) is 4.79 Å². The predicted octanol–water partition coefficient (Wildman–Crippen LogP) is 6.28. The second-order valence-corrected chi connectivity index (χ2v) is 8.03. The number of hydrogen-bond acceptors (Lipinski definition) is 2. The topological polar surface area (TPSA) is 29.5 Å². The lowest BCUT2D eigenvalue weighted by Gasteiger charge is -2.36. The third-order valence-electron chi connectivity index (χ3n) is 5.55. The lowest BCUT2D eigenvalue weighted by Crippen LogP contribution is -2.40. The fourth-order valence-electron chi connectivity index (χ4n) is 4.13. The van der Waals surface area contributed by atoms with Gasteiger partial charge in [-0.05, 0) is 67.7 Å². The Hall–Kier alpha value is -1.81. The van der Waals surface area contributed by atoms with Gasteiger partial charge in [-0.1, -0.05) is 58.4 Å². The van der Waals surface area contributed by atoms with Gasteiger partial charge < -0.3 is 9.64 Å². The highest BCUT2D eigenvalue weighted by atomic mass is 79.9. The molecule has 0 bridgehead atoms. The molecule has 1 heterocycles. The largest absolute Gasteiger partial charge is 0.450 e. The quantitative estimate of drug-likeness (QED) is 0.565. The number of nitrogens with zero attached hydrogens (tertiary/aromatic N) is 1. The maximum Gasteiger partial charge on any atom is 0.409 e. The van der Waals surface area contributed by atoms with Gasteiger partial charge in [0.25, 0.3) is 0 Å². The number of rotatable bonds is 3. The minimum Gasteiger partial charge on any atom is -0.450 e. The van der Waals surface area contributed by atoms with Gasteiger partial charge in [-0.15, -0.1) is 0 Å². The Labute approximate surface area is 170 Å². The number of carbonyl (C=O) groups excluding carboxylic acids is 1. The Kier molecular flexibility index (Phi) is 6.95. The summed E-state index contributed by atoms with van der Waals surface area (Å²) in [6.07, 6.45) is 11.5. The highest BCUT2D eigenvalue weighted by Crippen LogP contribution is 2.44. The average Bonchev–Trinajstić information content (AvgIpc) is 2.83. The van der Waals surface area contributed by atoms with E-state index in [-0.39, 0.29) is 6.09 Å². The SMILES string of the molecule is C/C=C\C=C1/CC(C2CCN(C(=O)OCC)CC2)c2ccccc2C=C1Br. The zero-order chi connectivity index (χ0) is 19.2. The van der Waals surface area contributed by atoms with Gasteiger partial charge in [-0.3, -0.25) is 0 Å². The Morgan fingerprint density at radius 1 is 1.30 bits per heavy atom. The monoisotopic (exact) mass is 429 g/mol. The number of carbonyl (C=O) groups is 1. The van der Waals surface area contributed by atoms with Crippen LogP contribution < -0.4 is 0 Å². The molecule has 144 valence electrons. The number of piperidine rings is 1. The van der Waals surface area contributed by atoms with Crippen molar-refractivity contribution in [2.45, 2.75) is 39.0 Å². The van der Waals surface area contributed by atoms with E-state index in [0.29, 0.717) is 18.4 Å². The first kappa shape index (κ1) is 19.9. The summed E-state index contributed by atoms with van der Waals surface area (Å²) in [6.45, 7) is 5.90. The van der Waals surface area contributed by atoms with Gasteiger partial charge >= 0.3 is 6.09 Å². The maximum atomic E-state index is 12.0. The van der Waals surface area contributed by atoms with Gasteiger partial charge in [0.1, 0.15) is 0 Å². The summed E-state index contributed by atoms with van der Waals surface area (Å²) in [7, 11) is 0. The van der Waals surface area contributed by atoms with Crippen LogP contribution in [0.1, 0.15) is 50.2 Å². The molecule has 3 nitrogen and oxygen atoms in total. The van der Waals surface area contributed by atoms with Gasteiger partial charge in [-0.2, -0.15) is 0 Å². The van der Waals surface area contributed by atoms with Gasteiger partial charge in [0.15, 0.2) is 0 Å². The molecule has 27 heavy (non-hydrogen) atoms. The predicted molar refractivity (Wildman–Crippen MR) is 115 cm³/mol. The van der Waals surface area contributed by atoms with Crippen molar-refractivity contribution in [3.63, 3.8) is 0 Å². The number of benzene rings is 1. The summed E-state index contributed by atoms with van der Waals surface area (Å²) < 4.78 is 6.34. The second-order valence-electron chi connectivity index (χ2n) is 7.17. The summed E-state index contributed by atoms with van der Waals surface area (Å²) >= 11 is 3.79. The Bertz CT molecular complexity index is 757. The zero-order valence-corrected chi connectivity index (χ0v) is 17.7. The number of halogens is 1. The summed E-state index contributed by atoms with van der Waals surface area (Å²) in [6, 6.07) is 8.72. The summed E-state index contributed by atoms with van der Waals surface area (Å²) in [4.78, 5) is 13.9. The molecule has 1 aromatic carbocycles. The van der Waals surface area contributed by atoms with Crippen LogP contribution in [0.3, 0.4) is 0 Å². The first-order valence-corrected chi connectivity index (χ1v) is 10.6. The number of ether oxygens (including phenoxy) is 1. The van der Waals surface area contributed by atoms with E-state index in [9.17, 15) is 4.79 Å². The molecule has 1 unspecified atom stereocenters. The van der Waals surface area contributed by atoms with Crippen LogP contribution in [0.15, 0.2) is 52.5 Å². The highest BCUT2D eigenvalue weighted by Gasteiger charge is 2.32. The Morgan fingerprint density at radius 2 is 2.04 bits per heavy atom. The Morgan fingerprint density at radius 3 is 2.74 bits per heavy atom. The van der Waals surface area contributed by atoms with E-state index < -0.39 is 0 Å². The maximum absolute atomic E-state index is 12.0. The molecule has 0 aromatic heterocycles. The summed E-state index contributed by atoms with van der Waals surface area (Å²) in [5, 5.41) is 0. The summed E-state index contributed by atoms with van der Waals surface area (Å²) in [5.74, 6) is 1.03. The van der Waals surface area contributed by atoms with Gasteiger partial charge in [0.2, 0.25) is 0 Å². The van der Waals surface area contributed by atoms with Crippen molar-refractivity contribution in [2.24, 2.45) is 5.92 Å². The minimum absolute atomic E-state index is 0.171. The molecule has 1 aliphatic carbocycles. The molecule has 1 fully saturated rings. The summed E-state index contributed by atoms with van der Waals surface area (Å²) in [5.41, 5.74) is 4.06. The van der Waals surface area contributed by atoms with Crippen LogP contribution in [-0.4, -0.2) is 30.7 Å². The highest BCUT2D eigenvalue weighted by molar-refractivity contribution is 9.12. The molecule has 0 saturated carbocycles. The van der Waals surface area contributed by atoms with Gasteiger partial charge in [0.05, 0.1) is 6.61 Å². The number of amides is 1. The first-order chi connectivity index (χ1) is 13.1. The molecule has 0 N–H and O–H groups in total. The van der Waals surface area contributed by atoms with Crippen molar-refractivity contribution in [3.05, 3.63) is 63.7 Å². The smallest absolute Gasteiger partial charge is 0.409 e. The van der Waals surface area contributed by atoms with E-state index >= 15 is 0 Å². The van der Waals surface area contributed by atoms with E-state index in [1.54, 1.807) is 0 Å². The van der Waals surface area contributed by atoms with Crippen molar-refractivity contribution < 1.29 is 9.53 Å². The molecule has 1 aliphatic heterocycles. The van der Waals surface area contributed by atoms with E-state index in [0.717, 1.165) is 32.4 Å². The molecule has 1 atom stereocenters. The van der Waals surface area contributed by atoms with E-state index in [1.165, 1.54) is 21.2 Å². The third kappa shape index (κ3) is 4.73. The number of likely N-dealkylation sites (tertiary alicyclic amines) is 1. The number of fused-ring (bicyclic) bond motifs is 1. The minimum atomic E-state index is -0.171. The van der Waals surface area contributed by atoms with Crippen molar-refractivity contribution >= 4 is 28.1 Å². The van der Waals surface area contributed by atoms with Crippen LogP contribution in [0, 0.1) is 5.92 Å². The number of hydrogen-bond donors (Lipinski definition) is 0. The third-order valence-corrected chi connectivity index (χ3v) is 6.29.